The highest BCUT2D eigenvalue weighted by Crippen LogP contribution is 2.23. The summed E-state index contributed by atoms with van der Waals surface area (Å²) in [7, 11) is 1.62. The van der Waals surface area contributed by atoms with Crippen molar-refractivity contribution in [1.82, 2.24) is 4.90 Å². The summed E-state index contributed by atoms with van der Waals surface area (Å²) < 4.78 is 5.31. The summed E-state index contributed by atoms with van der Waals surface area (Å²) in [6.07, 6.45) is 2.53. The molecule has 1 amide bonds. The van der Waals surface area contributed by atoms with Gasteiger partial charge in [0, 0.05) is 17.7 Å². The van der Waals surface area contributed by atoms with Crippen LogP contribution in [-0.4, -0.2) is 31.0 Å². The van der Waals surface area contributed by atoms with E-state index in [4.69, 9.17) is 10.5 Å². The Bertz CT molecular complexity index is 412. The molecule has 92 valence electrons. The first-order valence-corrected chi connectivity index (χ1v) is 5.90. The predicted octanol–water partition coefficient (Wildman–Crippen LogP) is 1.39. The number of nitrogens with zero attached hydrogens (tertiary/aromatic N) is 1. The number of amides is 1. The van der Waals surface area contributed by atoms with Crippen molar-refractivity contribution in [2.24, 2.45) is 5.73 Å². The predicted molar refractivity (Wildman–Crippen MR) is 66.0 cm³/mol. The van der Waals surface area contributed by atoms with Crippen LogP contribution in [0.25, 0.3) is 0 Å². The smallest absolute Gasteiger partial charge is 0.248 e. The minimum atomic E-state index is -0.420. The number of likely N-dealkylation sites (tertiary alicyclic amines) is 1. The standard InChI is InChI=1S/C13H18N2O2/c1-17-12-8-10(13(14)16)4-5-11(12)9-15-6-2-3-7-15/h4-5,8H,2-3,6-7,9H2,1H3,(H2,14,16). The maximum absolute atomic E-state index is 11.1. The maximum atomic E-state index is 11.1. The van der Waals surface area contributed by atoms with Crippen molar-refractivity contribution >= 4 is 5.91 Å². The van der Waals surface area contributed by atoms with Crippen LogP contribution in [0.1, 0.15) is 28.8 Å². The minimum Gasteiger partial charge on any atom is -0.496 e. The van der Waals surface area contributed by atoms with Gasteiger partial charge in [0.05, 0.1) is 7.11 Å². The van der Waals surface area contributed by atoms with Crippen molar-refractivity contribution in [3.63, 3.8) is 0 Å². The van der Waals surface area contributed by atoms with Gasteiger partial charge in [-0.25, -0.2) is 0 Å². The zero-order valence-corrected chi connectivity index (χ0v) is 10.1. The first kappa shape index (κ1) is 11.9. The van der Waals surface area contributed by atoms with Gasteiger partial charge in [0.15, 0.2) is 0 Å². The number of nitrogens with two attached hydrogens (primary N) is 1. The zero-order valence-electron chi connectivity index (χ0n) is 10.1. The Hall–Kier alpha value is -1.55. The van der Waals surface area contributed by atoms with E-state index < -0.39 is 5.91 Å². The van der Waals surface area contributed by atoms with Gasteiger partial charge in [-0.2, -0.15) is 0 Å². The largest absolute Gasteiger partial charge is 0.496 e. The summed E-state index contributed by atoms with van der Waals surface area (Å²) in [5.41, 5.74) is 6.85. The molecule has 0 aromatic heterocycles. The van der Waals surface area contributed by atoms with Gasteiger partial charge >= 0.3 is 0 Å². The van der Waals surface area contributed by atoms with Gasteiger partial charge in [-0.1, -0.05) is 6.07 Å². The molecule has 0 spiro atoms. The normalized spacial score (nSPS) is 16.1. The molecule has 0 atom stereocenters. The number of ether oxygens (including phenoxy) is 1. The second-order valence-corrected chi connectivity index (χ2v) is 4.37. The monoisotopic (exact) mass is 234 g/mol. The third-order valence-corrected chi connectivity index (χ3v) is 3.16. The highest BCUT2D eigenvalue weighted by atomic mass is 16.5. The van der Waals surface area contributed by atoms with Gasteiger partial charge in [-0.3, -0.25) is 9.69 Å². The SMILES string of the molecule is COc1cc(C(N)=O)ccc1CN1CCCC1. The van der Waals surface area contributed by atoms with Crippen LogP contribution in [-0.2, 0) is 6.54 Å². The van der Waals surface area contributed by atoms with Crippen LogP contribution in [0, 0.1) is 0 Å². The number of hydrogen-bond donors (Lipinski definition) is 1. The van der Waals surface area contributed by atoms with Gasteiger partial charge in [-0.15, -0.1) is 0 Å². The van der Waals surface area contributed by atoms with E-state index in [-0.39, 0.29) is 0 Å². The quantitative estimate of drug-likeness (QED) is 0.856. The third-order valence-electron chi connectivity index (χ3n) is 3.16. The second-order valence-electron chi connectivity index (χ2n) is 4.37. The Kier molecular flexibility index (Phi) is 3.64. The Labute approximate surface area is 101 Å². The first-order chi connectivity index (χ1) is 8.20. The molecular weight excluding hydrogens is 216 g/mol. The van der Waals surface area contributed by atoms with Crippen LogP contribution in [0.2, 0.25) is 0 Å². The van der Waals surface area contributed by atoms with Crippen LogP contribution in [0.3, 0.4) is 0 Å². The van der Waals surface area contributed by atoms with E-state index in [1.165, 1.54) is 12.8 Å². The molecule has 1 heterocycles. The van der Waals surface area contributed by atoms with E-state index in [2.05, 4.69) is 4.90 Å². The molecule has 1 saturated heterocycles. The first-order valence-electron chi connectivity index (χ1n) is 5.90. The number of methoxy groups -OCH3 is 1. The summed E-state index contributed by atoms with van der Waals surface area (Å²) in [6, 6.07) is 5.40. The lowest BCUT2D eigenvalue weighted by molar-refractivity contribution is 0.1000. The number of primary amides is 1. The molecular formula is C13H18N2O2. The highest BCUT2D eigenvalue weighted by Gasteiger charge is 2.15. The molecule has 17 heavy (non-hydrogen) atoms. The van der Waals surface area contributed by atoms with Gasteiger partial charge < -0.3 is 10.5 Å². The van der Waals surface area contributed by atoms with Gasteiger partial charge in [0.2, 0.25) is 5.91 Å². The number of carbonyl (C=O) groups is 1. The van der Waals surface area contributed by atoms with E-state index in [0.29, 0.717) is 5.56 Å². The van der Waals surface area contributed by atoms with Gasteiger partial charge in [0.25, 0.3) is 0 Å². The maximum Gasteiger partial charge on any atom is 0.248 e. The summed E-state index contributed by atoms with van der Waals surface area (Å²) in [5, 5.41) is 0. The molecule has 1 aliphatic rings. The topological polar surface area (TPSA) is 55.6 Å². The lowest BCUT2D eigenvalue weighted by Gasteiger charge is -2.17. The Morgan fingerprint density at radius 2 is 2.12 bits per heavy atom. The fraction of sp³-hybridized carbons (Fsp3) is 0.462. The molecule has 2 rings (SSSR count). The van der Waals surface area contributed by atoms with Gasteiger partial charge in [0.1, 0.15) is 5.75 Å². The average molecular weight is 234 g/mol. The molecule has 1 aliphatic heterocycles. The molecule has 2 N–H and O–H groups in total. The highest BCUT2D eigenvalue weighted by molar-refractivity contribution is 5.93. The number of carbonyl (C=O) groups excluding carboxylic acids is 1. The molecule has 0 saturated carbocycles. The molecule has 0 unspecified atom stereocenters. The van der Waals surface area contributed by atoms with Crippen molar-refractivity contribution in [2.75, 3.05) is 20.2 Å². The van der Waals surface area contributed by atoms with Crippen molar-refractivity contribution in [3.8, 4) is 5.75 Å². The zero-order chi connectivity index (χ0) is 12.3. The second kappa shape index (κ2) is 5.19. The Balaban J connectivity index is 2.18. The van der Waals surface area contributed by atoms with Crippen molar-refractivity contribution in [1.29, 1.82) is 0 Å². The summed E-state index contributed by atoms with van der Waals surface area (Å²) in [6.45, 7) is 3.16. The lowest BCUT2D eigenvalue weighted by Crippen LogP contribution is -2.19. The molecule has 1 aromatic carbocycles. The van der Waals surface area contributed by atoms with Crippen LogP contribution in [0.4, 0.5) is 0 Å². The molecule has 4 nitrogen and oxygen atoms in total. The molecule has 4 heteroatoms. The molecule has 1 fully saturated rings. The van der Waals surface area contributed by atoms with E-state index >= 15 is 0 Å². The Morgan fingerprint density at radius 1 is 1.41 bits per heavy atom. The van der Waals surface area contributed by atoms with Crippen molar-refractivity contribution in [3.05, 3.63) is 29.3 Å². The van der Waals surface area contributed by atoms with Crippen molar-refractivity contribution < 1.29 is 9.53 Å². The Morgan fingerprint density at radius 3 is 2.71 bits per heavy atom. The van der Waals surface area contributed by atoms with E-state index in [1.54, 1.807) is 19.2 Å². The minimum absolute atomic E-state index is 0.420. The molecule has 1 aromatic rings. The number of rotatable bonds is 4. The lowest BCUT2D eigenvalue weighted by atomic mass is 10.1. The average Bonchev–Trinajstić information content (AvgIpc) is 2.82. The van der Waals surface area contributed by atoms with E-state index in [0.717, 1.165) is 30.9 Å². The molecule has 0 aliphatic carbocycles. The summed E-state index contributed by atoms with van der Waals surface area (Å²) in [4.78, 5) is 13.5. The van der Waals surface area contributed by atoms with Crippen molar-refractivity contribution in [2.45, 2.75) is 19.4 Å². The van der Waals surface area contributed by atoms with Crippen LogP contribution in [0.5, 0.6) is 5.75 Å². The van der Waals surface area contributed by atoms with Crippen LogP contribution < -0.4 is 10.5 Å². The number of benzene rings is 1. The van der Waals surface area contributed by atoms with E-state index in [1.807, 2.05) is 6.07 Å². The van der Waals surface area contributed by atoms with E-state index in [9.17, 15) is 4.79 Å². The van der Waals surface area contributed by atoms with Crippen LogP contribution >= 0.6 is 0 Å². The van der Waals surface area contributed by atoms with Crippen LogP contribution in [0.15, 0.2) is 18.2 Å². The summed E-state index contributed by atoms with van der Waals surface area (Å²) in [5.74, 6) is 0.323. The molecule has 0 bridgehead atoms. The third kappa shape index (κ3) is 2.77. The fourth-order valence-corrected chi connectivity index (χ4v) is 2.21. The van der Waals surface area contributed by atoms with Gasteiger partial charge in [-0.05, 0) is 38.1 Å². The molecule has 0 radical (unpaired) electrons. The fourth-order valence-electron chi connectivity index (χ4n) is 2.21. The number of hydrogen-bond acceptors (Lipinski definition) is 3. The summed E-state index contributed by atoms with van der Waals surface area (Å²) >= 11 is 0.